The smallest absolute Gasteiger partial charge is 0.326 e. The van der Waals surface area contributed by atoms with Crippen molar-refractivity contribution in [2.75, 3.05) is 19.8 Å². The van der Waals surface area contributed by atoms with Gasteiger partial charge < -0.3 is 14.7 Å². The number of nitrogens with zero attached hydrogens (tertiary/aromatic N) is 1. The molecular weight excluding hydrogens is 186 g/mol. The van der Waals surface area contributed by atoms with Gasteiger partial charge in [-0.05, 0) is 19.8 Å². The predicted molar refractivity (Wildman–Crippen MR) is 48.9 cm³/mol. The number of amides is 1. The maximum Gasteiger partial charge on any atom is 0.326 e. The lowest BCUT2D eigenvalue weighted by molar-refractivity contribution is -0.150. The van der Waals surface area contributed by atoms with Gasteiger partial charge in [0, 0.05) is 13.2 Å². The number of hydrogen-bond donors (Lipinski definition) is 1. The highest BCUT2D eigenvalue weighted by Crippen LogP contribution is 2.17. The minimum absolute atomic E-state index is 0.0136. The number of carbonyl (C=O) groups is 2. The highest BCUT2D eigenvalue weighted by atomic mass is 16.5. The lowest BCUT2D eigenvalue weighted by Gasteiger charge is -2.20. The first-order chi connectivity index (χ1) is 6.66. The van der Waals surface area contributed by atoms with E-state index >= 15 is 0 Å². The summed E-state index contributed by atoms with van der Waals surface area (Å²) in [5, 5.41) is 8.82. The van der Waals surface area contributed by atoms with Crippen LogP contribution in [0.25, 0.3) is 0 Å². The largest absolute Gasteiger partial charge is 0.480 e. The van der Waals surface area contributed by atoms with Crippen LogP contribution in [0.15, 0.2) is 0 Å². The van der Waals surface area contributed by atoms with E-state index in [2.05, 4.69) is 0 Å². The summed E-state index contributed by atoms with van der Waals surface area (Å²) in [6, 6.07) is -0.650. The van der Waals surface area contributed by atoms with E-state index in [9.17, 15) is 9.59 Å². The van der Waals surface area contributed by atoms with E-state index in [1.54, 1.807) is 6.92 Å². The average molecular weight is 201 g/mol. The highest BCUT2D eigenvalue weighted by molar-refractivity contribution is 5.84. The summed E-state index contributed by atoms with van der Waals surface area (Å²) in [5.74, 6) is -1.15. The van der Waals surface area contributed by atoms with Crippen LogP contribution in [0, 0.1) is 0 Å². The molecule has 80 valence electrons. The Balaban J connectivity index is 2.49. The highest BCUT2D eigenvalue weighted by Gasteiger charge is 2.33. The minimum atomic E-state index is -0.924. The monoisotopic (exact) mass is 201 g/mol. The van der Waals surface area contributed by atoms with E-state index in [1.807, 2.05) is 0 Å². The molecule has 0 aromatic rings. The average Bonchev–Trinajstić information content (AvgIpc) is 2.62. The van der Waals surface area contributed by atoms with Crippen molar-refractivity contribution in [1.82, 2.24) is 4.90 Å². The molecule has 5 nitrogen and oxygen atoms in total. The third kappa shape index (κ3) is 2.45. The van der Waals surface area contributed by atoms with E-state index < -0.39 is 12.0 Å². The Morgan fingerprint density at radius 3 is 2.86 bits per heavy atom. The molecule has 0 aromatic carbocycles. The van der Waals surface area contributed by atoms with Crippen LogP contribution in [-0.2, 0) is 14.3 Å². The number of likely N-dealkylation sites (tertiary alicyclic amines) is 1. The molecule has 0 aliphatic carbocycles. The number of carboxylic acids is 1. The number of carbonyl (C=O) groups excluding carboxylic acids is 1. The van der Waals surface area contributed by atoms with Gasteiger partial charge in [0.1, 0.15) is 12.6 Å². The van der Waals surface area contributed by atoms with Gasteiger partial charge in [0.25, 0.3) is 0 Å². The SMILES string of the molecule is CCOCC(=O)N1CCC[C@H]1C(=O)O. The molecule has 1 fully saturated rings. The van der Waals surface area contributed by atoms with Crippen LogP contribution in [0.3, 0.4) is 0 Å². The second-order valence-corrected chi connectivity index (χ2v) is 3.22. The fraction of sp³-hybridized carbons (Fsp3) is 0.778. The fourth-order valence-corrected chi connectivity index (χ4v) is 1.59. The van der Waals surface area contributed by atoms with Crippen LogP contribution < -0.4 is 0 Å². The molecule has 14 heavy (non-hydrogen) atoms. The van der Waals surface area contributed by atoms with Gasteiger partial charge in [-0.2, -0.15) is 0 Å². The molecule has 0 bridgehead atoms. The molecule has 0 unspecified atom stereocenters. The van der Waals surface area contributed by atoms with Crippen LogP contribution in [0.5, 0.6) is 0 Å². The third-order valence-electron chi connectivity index (χ3n) is 2.29. The zero-order valence-corrected chi connectivity index (χ0v) is 8.23. The van der Waals surface area contributed by atoms with Gasteiger partial charge in [-0.25, -0.2) is 4.79 Å². The molecule has 1 heterocycles. The Kier molecular flexibility index (Phi) is 3.88. The van der Waals surface area contributed by atoms with E-state index in [4.69, 9.17) is 9.84 Å². The van der Waals surface area contributed by atoms with Crippen molar-refractivity contribution in [3.05, 3.63) is 0 Å². The van der Waals surface area contributed by atoms with E-state index in [0.29, 0.717) is 19.6 Å². The van der Waals surface area contributed by atoms with Gasteiger partial charge >= 0.3 is 5.97 Å². The molecule has 0 spiro atoms. The first-order valence-corrected chi connectivity index (χ1v) is 4.76. The fourth-order valence-electron chi connectivity index (χ4n) is 1.59. The van der Waals surface area contributed by atoms with E-state index in [-0.39, 0.29) is 12.5 Å². The Morgan fingerprint density at radius 2 is 2.29 bits per heavy atom. The molecule has 1 atom stereocenters. The van der Waals surface area contributed by atoms with Crippen LogP contribution in [0.4, 0.5) is 0 Å². The van der Waals surface area contributed by atoms with Crippen molar-refractivity contribution < 1.29 is 19.4 Å². The quantitative estimate of drug-likeness (QED) is 0.700. The Hall–Kier alpha value is -1.10. The second kappa shape index (κ2) is 4.95. The van der Waals surface area contributed by atoms with E-state index in [0.717, 1.165) is 6.42 Å². The molecule has 0 radical (unpaired) electrons. The first kappa shape index (κ1) is 11.0. The van der Waals surface area contributed by atoms with Gasteiger partial charge in [0.05, 0.1) is 0 Å². The van der Waals surface area contributed by atoms with Crippen molar-refractivity contribution in [1.29, 1.82) is 0 Å². The molecule has 1 rings (SSSR count). The van der Waals surface area contributed by atoms with Gasteiger partial charge in [0.15, 0.2) is 0 Å². The summed E-state index contributed by atoms with van der Waals surface area (Å²) in [4.78, 5) is 23.6. The van der Waals surface area contributed by atoms with Crippen LogP contribution in [0.1, 0.15) is 19.8 Å². The standard InChI is InChI=1S/C9H15NO4/c1-2-14-6-8(11)10-5-3-4-7(10)9(12)13/h7H,2-6H2,1H3,(H,12,13)/t7-/m0/s1. The number of aliphatic carboxylic acids is 1. The van der Waals surface area contributed by atoms with Crippen LogP contribution >= 0.6 is 0 Å². The molecule has 0 aromatic heterocycles. The summed E-state index contributed by atoms with van der Waals surface area (Å²) in [7, 11) is 0. The molecule has 1 aliphatic heterocycles. The molecule has 5 heteroatoms. The Labute approximate surface area is 82.6 Å². The molecule has 1 aliphatic rings. The molecule has 1 N–H and O–H groups in total. The summed E-state index contributed by atoms with van der Waals surface area (Å²) < 4.78 is 4.95. The van der Waals surface area contributed by atoms with Gasteiger partial charge in [-0.1, -0.05) is 0 Å². The van der Waals surface area contributed by atoms with Gasteiger partial charge in [-0.15, -0.1) is 0 Å². The van der Waals surface area contributed by atoms with Crippen LogP contribution in [-0.4, -0.2) is 47.7 Å². The summed E-state index contributed by atoms with van der Waals surface area (Å²) >= 11 is 0. The topological polar surface area (TPSA) is 66.8 Å². The predicted octanol–water partition coefficient (Wildman–Crippen LogP) is 0.0985. The molecule has 1 saturated heterocycles. The minimum Gasteiger partial charge on any atom is -0.480 e. The lowest BCUT2D eigenvalue weighted by atomic mass is 10.2. The van der Waals surface area contributed by atoms with Crippen molar-refractivity contribution in [2.24, 2.45) is 0 Å². The maximum absolute atomic E-state index is 11.5. The van der Waals surface area contributed by atoms with Gasteiger partial charge in [0.2, 0.25) is 5.91 Å². The number of carboxylic acid groups (broad SMARTS) is 1. The summed E-state index contributed by atoms with van der Waals surface area (Å²) in [6.07, 6.45) is 1.31. The second-order valence-electron chi connectivity index (χ2n) is 3.22. The Bertz CT molecular complexity index is 229. The summed E-state index contributed by atoms with van der Waals surface area (Å²) in [5.41, 5.74) is 0. The Morgan fingerprint density at radius 1 is 1.57 bits per heavy atom. The molecule has 1 amide bonds. The van der Waals surface area contributed by atoms with Crippen molar-refractivity contribution in [3.63, 3.8) is 0 Å². The number of ether oxygens (including phenoxy) is 1. The summed E-state index contributed by atoms with van der Waals surface area (Å²) in [6.45, 7) is 2.78. The van der Waals surface area contributed by atoms with Crippen molar-refractivity contribution in [2.45, 2.75) is 25.8 Å². The van der Waals surface area contributed by atoms with Gasteiger partial charge in [-0.3, -0.25) is 4.79 Å². The van der Waals surface area contributed by atoms with Crippen molar-refractivity contribution >= 4 is 11.9 Å². The van der Waals surface area contributed by atoms with E-state index in [1.165, 1.54) is 4.90 Å². The maximum atomic E-state index is 11.5. The number of rotatable bonds is 4. The normalized spacial score (nSPS) is 21.2. The molecule has 0 saturated carbocycles. The third-order valence-corrected chi connectivity index (χ3v) is 2.29. The first-order valence-electron chi connectivity index (χ1n) is 4.76. The zero-order valence-electron chi connectivity index (χ0n) is 8.23. The zero-order chi connectivity index (χ0) is 10.6. The van der Waals surface area contributed by atoms with Crippen LogP contribution in [0.2, 0.25) is 0 Å². The number of hydrogen-bond acceptors (Lipinski definition) is 3. The van der Waals surface area contributed by atoms with Crippen molar-refractivity contribution in [3.8, 4) is 0 Å². The molecular formula is C9H15NO4. The lowest BCUT2D eigenvalue weighted by Crippen LogP contribution is -2.42.